The molecule has 4 nitrogen and oxygen atoms in total. The highest BCUT2D eigenvalue weighted by Crippen LogP contribution is 2.03. The van der Waals surface area contributed by atoms with Crippen LogP contribution >= 0.6 is 15.9 Å². The van der Waals surface area contributed by atoms with Gasteiger partial charge in [0.05, 0.1) is 11.9 Å². The third-order valence-electron chi connectivity index (χ3n) is 2.36. The van der Waals surface area contributed by atoms with Crippen LogP contribution in [0.25, 0.3) is 0 Å². The molecular weight excluding hydrogens is 298 g/mol. The van der Waals surface area contributed by atoms with Crippen molar-refractivity contribution in [3.63, 3.8) is 0 Å². The van der Waals surface area contributed by atoms with Crippen LogP contribution in [-0.4, -0.2) is 35.2 Å². The van der Waals surface area contributed by atoms with Crippen molar-refractivity contribution in [1.82, 2.24) is 4.90 Å². The molecule has 1 aromatic carbocycles. The number of hydrogen-bond donors (Lipinski definition) is 0. The zero-order valence-electron chi connectivity index (χ0n) is 10.3. The van der Waals surface area contributed by atoms with Crippen LogP contribution in [0.1, 0.15) is 12.5 Å². The Bertz CT molecular complexity index is 394. The highest BCUT2D eigenvalue weighted by atomic mass is 79.9. The van der Waals surface area contributed by atoms with E-state index in [1.807, 2.05) is 37.3 Å². The minimum absolute atomic E-state index is 0.0477. The standard InChI is InChI=1S/C13H16BrNO3/c1-2-15(9-12(16)8-14)13(17)18-10-11-6-4-3-5-7-11/h3-7H,2,8-10H2,1H3. The second-order valence-corrected chi connectivity index (χ2v) is 4.29. The lowest BCUT2D eigenvalue weighted by Gasteiger charge is -2.19. The average molecular weight is 314 g/mol. The minimum atomic E-state index is -0.462. The molecule has 1 aromatic rings. The van der Waals surface area contributed by atoms with Gasteiger partial charge in [-0.05, 0) is 12.5 Å². The molecule has 0 aromatic heterocycles. The Morgan fingerprint density at radius 3 is 2.50 bits per heavy atom. The summed E-state index contributed by atoms with van der Waals surface area (Å²) in [6.07, 6.45) is -0.462. The number of rotatable bonds is 6. The lowest BCUT2D eigenvalue weighted by Crippen LogP contribution is -2.36. The molecule has 0 heterocycles. The Labute approximate surface area is 115 Å². The van der Waals surface area contributed by atoms with Crippen molar-refractivity contribution in [3.05, 3.63) is 35.9 Å². The molecule has 0 fully saturated rings. The van der Waals surface area contributed by atoms with Crippen molar-refractivity contribution < 1.29 is 14.3 Å². The maximum absolute atomic E-state index is 11.7. The second-order valence-electron chi connectivity index (χ2n) is 3.73. The monoisotopic (exact) mass is 313 g/mol. The fourth-order valence-corrected chi connectivity index (χ4v) is 1.55. The molecule has 0 N–H and O–H groups in total. The number of amides is 1. The summed E-state index contributed by atoms with van der Waals surface area (Å²) in [6.45, 7) is 2.56. The van der Waals surface area contributed by atoms with Crippen LogP contribution in [0.15, 0.2) is 30.3 Å². The number of carbonyl (C=O) groups excluding carboxylic acids is 2. The van der Waals surface area contributed by atoms with Crippen molar-refractivity contribution in [2.24, 2.45) is 0 Å². The van der Waals surface area contributed by atoms with Gasteiger partial charge in [0.15, 0.2) is 5.78 Å². The Kier molecular flexibility index (Phi) is 6.43. The number of halogens is 1. The molecule has 1 rings (SSSR count). The van der Waals surface area contributed by atoms with Crippen molar-refractivity contribution in [3.8, 4) is 0 Å². The van der Waals surface area contributed by atoms with Crippen molar-refractivity contribution in [1.29, 1.82) is 0 Å². The molecule has 0 aliphatic carbocycles. The van der Waals surface area contributed by atoms with Crippen LogP contribution in [0.5, 0.6) is 0 Å². The SMILES string of the molecule is CCN(CC(=O)CBr)C(=O)OCc1ccccc1. The number of carbonyl (C=O) groups is 2. The summed E-state index contributed by atoms with van der Waals surface area (Å²) in [5.74, 6) is -0.0477. The lowest BCUT2D eigenvalue weighted by atomic mass is 10.2. The molecule has 0 saturated carbocycles. The fraction of sp³-hybridized carbons (Fsp3) is 0.385. The molecule has 0 radical (unpaired) electrons. The Hall–Kier alpha value is -1.36. The van der Waals surface area contributed by atoms with Gasteiger partial charge in [0.25, 0.3) is 0 Å². The van der Waals surface area contributed by atoms with E-state index in [1.165, 1.54) is 4.90 Å². The summed E-state index contributed by atoms with van der Waals surface area (Å²) in [5.41, 5.74) is 0.925. The maximum atomic E-state index is 11.7. The first-order valence-electron chi connectivity index (χ1n) is 5.70. The normalized spacial score (nSPS) is 9.89. The number of ketones is 1. The molecule has 18 heavy (non-hydrogen) atoms. The first-order chi connectivity index (χ1) is 8.67. The molecular formula is C13H16BrNO3. The highest BCUT2D eigenvalue weighted by Gasteiger charge is 2.16. The second kappa shape index (κ2) is 7.87. The number of alkyl halides is 1. The summed E-state index contributed by atoms with van der Waals surface area (Å²) in [4.78, 5) is 24.4. The van der Waals surface area contributed by atoms with Gasteiger partial charge in [0, 0.05) is 6.54 Å². The number of benzene rings is 1. The van der Waals surface area contributed by atoms with E-state index in [1.54, 1.807) is 0 Å². The average Bonchev–Trinajstić information content (AvgIpc) is 2.42. The van der Waals surface area contributed by atoms with E-state index in [0.717, 1.165) is 5.56 Å². The predicted molar refractivity (Wildman–Crippen MR) is 72.7 cm³/mol. The van der Waals surface area contributed by atoms with Gasteiger partial charge < -0.3 is 9.64 Å². The summed E-state index contributed by atoms with van der Waals surface area (Å²) in [6, 6.07) is 9.43. The molecule has 0 atom stereocenters. The third-order valence-corrected chi connectivity index (χ3v) is 2.99. The zero-order chi connectivity index (χ0) is 13.4. The van der Waals surface area contributed by atoms with Crippen LogP contribution in [0.2, 0.25) is 0 Å². The number of nitrogens with zero attached hydrogens (tertiary/aromatic N) is 1. The Morgan fingerprint density at radius 1 is 1.28 bits per heavy atom. The molecule has 0 aliphatic heterocycles. The Balaban J connectivity index is 2.45. The maximum Gasteiger partial charge on any atom is 0.410 e. The minimum Gasteiger partial charge on any atom is -0.445 e. The van der Waals surface area contributed by atoms with E-state index in [2.05, 4.69) is 15.9 Å². The molecule has 0 aliphatic rings. The van der Waals surface area contributed by atoms with Gasteiger partial charge in [-0.25, -0.2) is 4.79 Å². The van der Waals surface area contributed by atoms with Crippen LogP contribution < -0.4 is 0 Å². The topological polar surface area (TPSA) is 46.6 Å². The van der Waals surface area contributed by atoms with Gasteiger partial charge in [-0.2, -0.15) is 0 Å². The van der Waals surface area contributed by atoms with Gasteiger partial charge >= 0.3 is 6.09 Å². The van der Waals surface area contributed by atoms with Crippen LogP contribution in [0.3, 0.4) is 0 Å². The predicted octanol–water partition coefficient (Wildman–Crippen LogP) is 2.61. The molecule has 5 heteroatoms. The number of ether oxygens (including phenoxy) is 1. The summed E-state index contributed by atoms with van der Waals surface area (Å²) in [5, 5.41) is 0.246. The van der Waals surface area contributed by atoms with Crippen LogP contribution in [-0.2, 0) is 16.1 Å². The van der Waals surface area contributed by atoms with E-state index >= 15 is 0 Å². The number of likely N-dealkylation sites (N-methyl/N-ethyl adjacent to an activating group) is 1. The fourth-order valence-electron chi connectivity index (χ4n) is 1.37. The first kappa shape index (κ1) is 14.7. The molecule has 0 spiro atoms. The van der Waals surface area contributed by atoms with Gasteiger partial charge in [-0.3, -0.25) is 4.79 Å². The van der Waals surface area contributed by atoms with E-state index in [-0.39, 0.29) is 24.3 Å². The van der Waals surface area contributed by atoms with Crippen molar-refractivity contribution in [2.45, 2.75) is 13.5 Å². The molecule has 0 bridgehead atoms. The van der Waals surface area contributed by atoms with Gasteiger partial charge in [-0.1, -0.05) is 46.3 Å². The van der Waals surface area contributed by atoms with E-state index in [4.69, 9.17) is 4.74 Å². The van der Waals surface area contributed by atoms with Gasteiger partial charge in [0.2, 0.25) is 0 Å². The third kappa shape index (κ3) is 4.87. The summed E-state index contributed by atoms with van der Waals surface area (Å²) < 4.78 is 5.15. The van der Waals surface area contributed by atoms with Crippen molar-refractivity contribution >= 4 is 27.8 Å². The zero-order valence-corrected chi connectivity index (χ0v) is 11.9. The van der Waals surface area contributed by atoms with Crippen LogP contribution in [0, 0.1) is 0 Å². The molecule has 0 unspecified atom stereocenters. The lowest BCUT2D eigenvalue weighted by molar-refractivity contribution is -0.117. The largest absolute Gasteiger partial charge is 0.445 e. The van der Waals surface area contributed by atoms with E-state index in [9.17, 15) is 9.59 Å². The number of Topliss-reactive ketones (excluding diaryl/α,β-unsaturated/α-hetero) is 1. The smallest absolute Gasteiger partial charge is 0.410 e. The molecule has 1 amide bonds. The molecule has 98 valence electrons. The van der Waals surface area contributed by atoms with Crippen LogP contribution in [0.4, 0.5) is 4.79 Å². The van der Waals surface area contributed by atoms with E-state index < -0.39 is 6.09 Å². The summed E-state index contributed by atoms with van der Waals surface area (Å²) in [7, 11) is 0. The quantitative estimate of drug-likeness (QED) is 0.758. The first-order valence-corrected chi connectivity index (χ1v) is 6.82. The van der Waals surface area contributed by atoms with Gasteiger partial charge in [0.1, 0.15) is 6.61 Å². The van der Waals surface area contributed by atoms with Crippen molar-refractivity contribution in [2.75, 3.05) is 18.4 Å². The van der Waals surface area contributed by atoms with Gasteiger partial charge in [-0.15, -0.1) is 0 Å². The Morgan fingerprint density at radius 2 is 1.94 bits per heavy atom. The number of hydrogen-bond acceptors (Lipinski definition) is 3. The molecule has 0 saturated heterocycles. The highest BCUT2D eigenvalue weighted by molar-refractivity contribution is 9.09. The summed E-state index contributed by atoms with van der Waals surface area (Å²) >= 11 is 3.07. The van der Waals surface area contributed by atoms with E-state index in [0.29, 0.717) is 6.54 Å².